The molecule has 0 aliphatic heterocycles. The van der Waals surface area contributed by atoms with Gasteiger partial charge in [0.15, 0.2) is 0 Å². The fourth-order valence-electron chi connectivity index (χ4n) is 2.96. The number of halogens is 6. The number of amides is 2. The van der Waals surface area contributed by atoms with Crippen LogP contribution in [0.5, 0.6) is 0 Å². The molecule has 0 bridgehead atoms. The summed E-state index contributed by atoms with van der Waals surface area (Å²) < 4.78 is 84.4. The van der Waals surface area contributed by atoms with Crippen LogP contribution >= 0.6 is 0 Å². The highest BCUT2D eigenvalue weighted by Gasteiger charge is 2.39. The third-order valence-corrected chi connectivity index (χ3v) is 4.70. The zero-order valence-electron chi connectivity index (χ0n) is 19.8. The van der Waals surface area contributed by atoms with Crippen LogP contribution in [0.3, 0.4) is 0 Å². The van der Waals surface area contributed by atoms with Gasteiger partial charge in [-0.05, 0) is 39.3 Å². The van der Waals surface area contributed by atoms with Crippen LogP contribution in [0.2, 0.25) is 0 Å². The lowest BCUT2D eigenvalue weighted by molar-refractivity contribution is -0.142. The highest BCUT2D eigenvalue weighted by atomic mass is 19.4. The van der Waals surface area contributed by atoms with E-state index in [1.165, 1.54) is 11.8 Å². The number of benzene rings is 1. The number of unbranched alkanes of at least 4 members (excludes halogenated alkanes) is 2. The van der Waals surface area contributed by atoms with Crippen LogP contribution in [0, 0.1) is 5.92 Å². The number of nitrogen functional groups attached to an aromatic ring is 1. The summed E-state index contributed by atoms with van der Waals surface area (Å²) in [6.07, 6.45) is -8.63. The number of carbonyl (C=O) groups is 2. The summed E-state index contributed by atoms with van der Waals surface area (Å²) in [5.74, 6) is -1.89. The molecule has 1 unspecified atom stereocenters. The highest BCUT2D eigenvalue weighted by molar-refractivity contribution is 5.96. The molecule has 0 fully saturated rings. The molecule has 194 valence electrons. The Bertz CT molecular complexity index is 863. The Hall–Kier alpha value is -2.66. The molecule has 2 amide bonds. The van der Waals surface area contributed by atoms with Crippen LogP contribution in [-0.2, 0) is 21.9 Å². The van der Waals surface area contributed by atoms with Crippen molar-refractivity contribution in [1.29, 1.82) is 0 Å². The maximum atomic E-state index is 13.2. The number of alkyl halides is 6. The number of hydrogen-bond donors (Lipinski definition) is 2. The summed E-state index contributed by atoms with van der Waals surface area (Å²) in [6, 6.07) is 0.245. The van der Waals surface area contributed by atoms with Gasteiger partial charge in [-0.1, -0.05) is 26.7 Å². The first-order valence-corrected chi connectivity index (χ1v) is 10.7. The molecule has 34 heavy (non-hydrogen) atoms. The van der Waals surface area contributed by atoms with Gasteiger partial charge in [-0.25, -0.2) is 4.79 Å². The second kappa shape index (κ2) is 11.2. The number of hydrogen-bond acceptors (Lipinski definition) is 4. The number of ether oxygens (including phenoxy) is 1. The fourth-order valence-corrected chi connectivity index (χ4v) is 2.96. The van der Waals surface area contributed by atoms with E-state index in [9.17, 15) is 35.9 Å². The number of rotatable bonds is 8. The first-order chi connectivity index (χ1) is 15.4. The highest BCUT2D eigenvalue weighted by Crippen LogP contribution is 2.42. The Labute approximate surface area is 194 Å². The molecule has 0 spiro atoms. The van der Waals surface area contributed by atoms with Crippen LogP contribution in [0.4, 0.5) is 42.5 Å². The molecule has 1 aromatic rings. The minimum Gasteiger partial charge on any atom is -0.444 e. The lowest BCUT2D eigenvalue weighted by Crippen LogP contribution is -2.42. The van der Waals surface area contributed by atoms with E-state index in [2.05, 4.69) is 5.32 Å². The van der Waals surface area contributed by atoms with Crippen LogP contribution < -0.4 is 11.1 Å². The number of carbonyl (C=O) groups excluding carboxylic acids is 2. The van der Waals surface area contributed by atoms with E-state index >= 15 is 0 Å². The summed E-state index contributed by atoms with van der Waals surface area (Å²) in [6.45, 7) is 8.46. The largest absolute Gasteiger partial charge is 0.444 e. The predicted molar refractivity (Wildman–Crippen MR) is 116 cm³/mol. The van der Waals surface area contributed by atoms with Gasteiger partial charge in [0.1, 0.15) is 5.60 Å². The monoisotopic (exact) mass is 499 g/mol. The Morgan fingerprint density at radius 3 is 2.12 bits per heavy atom. The molecule has 0 heterocycles. The van der Waals surface area contributed by atoms with Crippen molar-refractivity contribution >= 4 is 23.4 Å². The molecule has 6 nitrogen and oxygen atoms in total. The van der Waals surface area contributed by atoms with Crippen LogP contribution in [0.1, 0.15) is 65.0 Å². The molecule has 0 aliphatic rings. The lowest BCUT2D eigenvalue weighted by Gasteiger charge is -2.29. The van der Waals surface area contributed by atoms with Crippen LogP contribution in [0.25, 0.3) is 0 Å². The summed E-state index contributed by atoms with van der Waals surface area (Å²) in [5, 5.41) is 2.05. The molecular formula is C22H31F6N3O3. The predicted octanol–water partition coefficient (Wildman–Crippen LogP) is 6.31. The van der Waals surface area contributed by atoms with Crippen LogP contribution in [0.15, 0.2) is 12.1 Å². The van der Waals surface area contributed by atoms with Gasteiger partial charge in [0, 0.05) is 13.1 Å². The second-order valence-corrected chi connectivity index (χ2v) is 9.00. The van der Waals surface area contributed by atoms with Gasteiger partial charge in [0.2, 0.25) is 5.91 Å². The molecule has 0 aliphatic carbocycles. The van der Waals surface area contributed by atoms with Crippen molar-refractivity contribution in [3.05, 3.63) is 23.3 Å². The Morgan fingerprint density at radius 1 is 1.06 bits per heavy atom. The quantitative estimate of drug-likeness (QED) is 0.249. The van der Waals surface area contributed by atoms with Crippen molar-refractivity contribution < 1.29 is 40.7 Å². The van der Waals surface area contributed by atoms with Crippen LogP contribution in [-0.4, -0.2) is 35.6 Å². The van der Waals surface area contributed by atoms with Crippen molar-refractivity contribution in [1.82, 2.24) is 4.90 Å². The van der Waals surface area contributed by atoms with Gasteiger partial charge in [-0.3, -0.25) is 4.79 Å². The Kier molecular flexibility index (Phi) is 9.66. The molecule has 0 saturated carbocycles. The van der Waals surface area contributed by atoms with E-state index in [1.807, 2.05) is 6.92 Å². The van der Waals surface area contributed by atoms with Gasteiger partial charge in [0.25, 0.3) is 0 Å². The Morgan fingerprint density at radius 2 is 1.65 bits per heavy atom. The lowest BCUT2D eigenvalue weighted by atomic mass is 10.0. The van der Waals surface area contributed by atoms with E-state index in [4.69, 9.17) is 10.5 Å². The number of nitrogens with zero attached hydrogens (tertiary/aromatic N) is 1. The number of nitrogens with two attached hydrogens (primary N) is 1. The summed E-state index contributed by atoms with van der Waals surface area (Å²) in [5.41, 5.74) is -0.515. The third kappa shape index (κ3) is 8.94. The minimum absolute atomic E-state index is 0.105. The summed E-state index contributed by atoms with van der Waals surface area (Å²) in [4.78, 5) is 26.5. The maximum Gasteiger partial charge on any atom is 0.418 e. The zero-order chi connectivity index (χ0) is 26.5. The molecule has 3 N–H and O–H groups in total. The first-order valence-electron chi connectivity index (χ1n) is 10.7. The molecule has 0 saturated heterocycles. The number of anilines is 2. The maximum absolute atomic E-state index is 13.2. The van der Waals surface area contributed by atoms with E-state index in [0.29, 0.717) is 12.5 Å². The molecule has 1 atom stereocenters. The smallest absolute Gasteiger partial charge is 0.418 e. The minimum atomic E-state index is -5.16. The molecule has 1 rings (SSSR count). The fraction of sp³-hybridized carbons (Fsp3) is 0.636. The molecular weight excluding hydrogens is 468 g/mol. The van der Waals surface area contributed by atoms with Gasteiger partial charge in [-0.15, -0.1) is 0 Å². The molecule has 1 aromatic carbocycles. The third-order valence-electron chi connectivity index (χ3n) is 4.70. The van der Waals surface area contributed by atoms with E-state index in [0.717, 1.165) is 12.8 Å². The van der Waals surface area contributed by atoms with Crippen molar-refractivity contribution in [2.75, 3.05) is 24.1 Å². The average molecular weight is 499 g/mol. The van der Waals surface area contributed by atoms with Crippen molar-refractivity contribution in [3.8, 4) is 0 Å². The molecule has 0 aromatic heterocycles. The Balaban J connectivity index is 3.15. The van der Waals surface area contributed by atoms with Crippen molar-refractivity contribution in [2.45, 2.75) is 71.8 Å². The SMILES string of the molecule is CCCCCN(CC(C)C(=O)Nc1cc(C(F)(F)F)cc(C(F)(F)F)c1N)C(=O)OC(C)(C)C. The normalized spacial score (nSPS) is 13.4. The zero-order valence-corrected chi connectivity index (χ0v) is 19.8. The van der Waals surface area contributed by atoms with Gasteiger partial charge in [0.05, 0.1) is 28.4 Å². The van der Waals surface area contributed by atoms with Crippen molar-refractivity contribution in [3.63, 3.8) is 0 Å². The first kappa shape index (κ1) is 29.4. The molecule has 12 heteroatoms. The summed E-state index contributed by atoms with van der Waals surface area (Å²) in [7, 11) is 0. The van der Waals surface area contributed by atoms with E-state index in [-0.39, 0.29) is 19.2 Å². The molecule has 0 radical (unpaired) electrons. The van der Waals surface area contributed by atoms with E-state index < -0.39 is 58.4 Å². The standard InChI is InChI=1S/C22H31F6N3O3/c1-6-7-8-9-31(19(33)34-20(3,4)5)12-13(2)18(32)30-16-11-14(21(23,24)25)10-15(17(16)29)22(26,27)28/h10-11,13H,6-9,12,29H2,1-5H3,(H,30,32). The topological polar surface area (TPSA) is 84.7 Å². The van der Waals surface area contributed by atoms with Gasteiger partial charge in [-0.2, -0.15) is 26.3 Å². The number of nitrogens with one attached hydrogen (secondary N) is 1. The average Bonchev–Trinajstić information content (AvgIpc) is 2.65. The summed E-state index contributed by atoms with van der Waals surface area (Å²) >= 11 is 0. The van der Waals surface area contributed by atoms with Crippen molar-refractivity contribution in [2.24, 2.45) is 5.92 Å². The second-order valence-electron chi connectivity index (χ2n) is 9.00. The van der Waals surface area contributed by atoms with Gasteiger partial charge < -0.3 is 20.7 Å². The van der Waals surface area contributed by atoms with E-state index in [1.54, 1.807) is 20.8 Å². The van der Waals surface area contributed by atoms with Gasteiger partial charge >= 0.3 is 18.4 Å².